The lowest BCUT2D eigenvalue weighted by Crippen LogP contribution is -2.31. The van der Waals surface area contributed by atoms with Crippen LogP contribution in [-0.2, 0) is 10.0 Å². The highest BCUT2D eigenvalue weighted by molar-refractivity contribution is 7.93. The van der Waals surface area contributed by atoms with Gasteiger partial charge in [0.1, 0.15) is 23.0 Å². The summed E-state index contributed by atoms with van der Waals surface area (Å²) >= 11 is 0. The molecule has 0 saturated heterocycles. The molecule has 0 bridgehead atoms. The summed E-state index contributed by atoms with van der Waals surface area (Å²) in [5.74, 6) is 0.146. The highest BCUT2D eigenvalue weighted by atomic mass is 32.2. The van der Waals surface area contributed by atoms with Crippen molar-refractivity contribution < 1.29 is 26.7 Å². The predicted molar refractivity (Wildman–Crippen MR) is 125 cm³/mol. The molecule has 4 rings (SSSR count). The number of rotatable bonds is 9. The number of aromatic nitrogens is 5. The zero-order valence-corrected chi connectivity index (χ0v) is 20.2. The summed E-state index contributed by atoms with van der Waals surface area (Å²) in [4.78, 5) is 7.82. The predicted octanol–water partition coefficient (Wildman–Crippen LogP) is 3.41. The van der Waals surface area contributed by atoms with E-state index in [0.29, 0.717) is 22.9 Å². The summed E-state index contributed by atoms with van der Waals surface area (Å²) < 4.78 is 60.4. The van der Waals surface area contributed by atoms with Gasteiger partial charge in [-0.25, -0.2) is 22.8 Å². The minimum atomic E-state index is -4.06. The minimum Gasteiger partial charge on any atom is -0.494 e. The van der Waals surface area contributed by atoms with Crippen LogP contribution < -0.4 is 14.2 Å². The molecule has 1 aromatic carbocycles. The van der Waals surface area contributed by atoms with Gasteiger partial charge in [0.15, 0.2) is 11.6 Å². The van der Waals surface area contributed by atoms with E-state index >= 15 is 0 Å². The normalized spacial score (nSPS) is 13.3. The molecule has 0 aliphatic carbocycles. The molecular formula is C22H23FN6O5S. The van der Waals surface area contributed by atoms with Crippen LogP contribution in [0.4, 0.5) is 10.3 Å². The Kier molecular flexibility index (Phi) is 6.69. The van der Waals surface area contributed by atoms with Crippen molar-refractivity contribution in [3.63, 3.8) is 0 Å². The third-order valence-corrected chi connectivity index (χ3v) is 7.36. The van der Waals surface area contributed by atoms with Gasteiger partial charge in [-0.15, -0.1) is 10.2 Å². The molecule has 184 valence electrons. The summed E-state index contributed by atoms with van der Waals surface area (Å²) in [6, 6.07) is 8.45. The van der Waals surface area contributed by atoms with Crippen molar-refractivity contribution in [1.29, 1.82) is 0 Å². The monoisotopic (exact) mass is 502 g/mol. The van der Waals surface area contributed by atoms with Gasteiger partial charge >= 0.3 is 0 Å². The molecule has 3 aromatic heterocycles. The van der Waals surface area contributed by atoms with Crippen LogP contribution in [0.3, 0.4) is 0 Å². The molecule has 0 radical (unpaired) electrons. The fourth-order valence-corrected chi connectivity index (χ4v) is 4.67. The summed E-state index contributed by atoms with van der Waals surface area (Å²) in [5, 5.41) is 7.23. The smallest absolute Gasteiger partial charge is 0.243 e. The summed E-state index contributed by atoms with van der Waals surface area (Å²) in [5.41, 5.74) is 0.370. The number of para-hydroxylation sites is 1. The molecule has 11 nitrogen and oxygen atoms in total. The van der Waals surface area contributed by atoms with Crippen LogP contribution in [0.5, 0.6) is 11.5 Å². The molecule has 0 spiro atoms. The number of furan rings is 1. The van der Waals surface area contributed by atoms with Crippen molar-refractivity contribution in [2.24, 2.45) is 0 Å². The molecule has 0 unspecified atom stereocenters. The van der Waals surface area contributed by atoms with E-state index < -0.39 is 27.0 Å². The number of methoxy groups -OCH3 is 2. The van der Waals surface area contributed by atoms with Gasteiger partial charge in [0.25, 0.3) is 0 Å². The third kappa shape index (κ3) is 4.67. The van der Waals surface area contributed by atoms with Crippen LogP contribution in [0.25, 0.3) is 17.3 Å². The topological polar surface area (TPSA) is 134 Å². The number of anilines is 1. The van der Waals surface area contributed by atoms with Gasteiger partial charge in [-0.2, -0.15) is 0 Å². The van der Waals surface area contributed by atoms with Gasteiger partial charge in [0.2, 0.25) is 21.8 Å². The van der Waals surface area contributed by atoms with Gasteiger partial charge in [-0.1, -0.05) is 13.0 Å². The van der Waals surface area contributed by atoms with E-state index in [4.69, 9.17) is 13.9 Å². The molecule has 0 amide bonds. The van der Waals surface area contributed by atoms with Crippen molar-refractivity contribution in [1.82, 2.24) is 24.7 Å². The minimum absolute atomic E-state index is 0.113. The molecule has 4 aromatic rings. The van der Waals surface area contributed by atoms with E-state index in [-0.39, 0.29) is 17.6 Å². The number of sulfonamides is 1. The van der Waals surface area contributed by atoms with E-state index in [1.165, 1.54) is 32.0 Å². The highest BCUT2D eigenvalue weighted by Gasteiger charge is 2.32. The maximum Gasteiger partial charge on any atom is 0.243 e. The van der Waals surface area contributed by atoms with Gasteiger partial charge in [0.05, 0.1) is 38.1 Å². The van der Waals surface area contributed by atoms with Crippen LogP contribution >= 0.6 is 0 Å². The lowest BCUT2D eigenvalue weighted by molar-refractivity contribution is 0.391. The largest absolute Gasteiger partial charge is 0.494 e. The van der Waals surface area contributed by atoms with Gasteiger partial charge in [-0.05, 0) is 31.2 Å². The quantitative estimate of drug-likeness (QED) is 0.365. The van der Waals surface area contributed by atoms with Gasteiger partial charge in [-0.3, -0.25) is 9.29 Å². The third-order valence-electron chi connectivity index (χ3n) is 5.50. The zero-order valence-electron chi connectivity index (χ0n) is 19.3. The first-order valence-corrected chi connectivity index (χ1v) is 12.0. The molecule has 13 heteroatoms. The first-order valence-electron chi connectivity index (χ1n) is 10.5. The fraction of sp³-hybridized carbons (Fsp3) is 0.273. The summed E-state index contributed by atoms with van der Waals surface area (Å²) in [6.07, 6.45) is 3.45. The van der Waals surface area contributed by atoms with Crippen molar-refractivity contribution in [2.45, 2.75) is 25.0 Å². The van der Waals surface area contributed by atoms with Crippen LogP contribution in [0.15, 0.2) is 53.4 Å². The average Bonchev–Trinajstić information content (AvgIpc) is 3.52. The van der Waals surface area contributed by atoms with E-state index in [0.717, 1.165) is 12.4 Å². The number of benzene rings is 1. The second-order valence-electron chi connectivity index (χ2n) is 7.57. The molecule has 3 heterocycles. The Morgan fingerprint density at radius 3 is 2.26 bits per heavy atom. The number of ether oxygens (including phenoxy) is 2. The molecule has 0 saturated carbocycles. The average molecular weight is 503 g/mol. The first-order chi connectivity index (χ1) is 16.8. The van der Waals surface area contributed by atoms with Crippen LogP contribution in [-0.4, -0.2) is 52.6 Å². The number of nitrogens with one attached hydrogen (secondary N) is 1. The Balaban J connectivity index is 1.80. The van der Waals surface area contributed by atoms with Crippen molar-refractivity contribution in [3.05, 3.63) is 60.6 Å². The molecule has 35 heavy (non-hydrogen) atoms. The number of nitrogens with zero attached hydrogens (tertiary/aromatic N) is 5. The standard InChI is InChI=1S/C22H23FN6O5S/c1-13(20-24-11-15(23)12-25-20)14(2)35(30,31)28-22-27-26-21(18-9-6-10-34-18)29(22)19-16(32-3)7-5-8-17(19)33-4/h5-14H,1-4H3,(H,27,28)/t13-,14+/m1/s1. The molecule has 0 fully saturated rings. The molecule has 0 aliphatic rings. The Morgan fingerprint density at radius 1 is 1.03 bits per heavy atom. The fourth-order valence-electron chi connectivity index (χ4n) is 3.44. The Labute approximate surface area is 201 Å². The highest BCUT2D eigenvalue weighted by Crippen LogP contribution is 2.38. The van der Waals surface area contributed by atoms with E-state index in [1.807, 2.05) is 0 Å². The maximum absolute atomic E-state index is 13.4. The number of hydrogen-bond donors (Lipinski definition) is 1. The Bertz CT molecular complexity index is 1380. The zero-order chi connectivity index (χ0) is 25.2. The van der Waals surface area contributed by atoms with Gasteiger partial charge < -0.3 is 13.9 Å². The summed E-state index contributed by atoms with van der Waals surface area (Å²) in [6.45, 7) is 3.14. The second kappa shape index (κ2) is 9.70. The lowest BCUT2D eigenvalue weighted by atomic mass is 10.1. The molecular weight excluding hydrogens is 479 g/mol. The Morgan fingerprint density at radius 2 is 1.69 bits per heavy atom. The van der Waals surface area contributed by atoms with Crippen LogP contribution in [0, 0.1) is 5.82 Å². The van der Waals surface area contributed by atoms with Crippen LogP contribution in [0.2, 0.25) is 0 Å². The van der Waals surface area contributed by atoms with E-state index in [9.17, 15) is 12.8 Å². The number of hydrogen-bond acceptors (Lipinski definition) is 9. The van der Waals surface area contributed by atoms with E-state index in [1.54, 1.807) is 37.3 Å². The lowest BCUT2D eigenvalue weighted by Gasteiger charge is -2.21. The van der Waals surface area contributed by atoms with Crippen molar-refractivity contribution in [2.75, 3.05) is 18.9 Å². The Hall–Kier alpha value is -4.00. The summed E-state index contributed by atoms with van der Waals surface area (Å²) in [7, 11) is -1.10. The van der Waals surface area contributed by atoms with Gasteiger partial charge in [0, 0.05) is 5.92 Å². The van der Waals surface area contributed by atoms with E-state index in [2.05, 4.69) is 24.9 Å². The second-order valence-corrected chi connectivity index (χ2v) is 9.61. The van der Waals surface area contributed by atoms with Crippen molar-refractivity contribution >= 4 is 16.0 Å². The molecule has 0 aliphatic heterocycles. The SMILES string of the molecule is COc1cccc(OC)c1-n1c(NS(=O)(=O)[C@@H](C)[C@@H](C)c2ncc(F)cn2)nnc1-c1ccco1. The number of halogens is 1. The maximum atomic E-state index is 13.4. The van der Waals surface area contributed by atoms with Crippen molar-refractivity contribution in [3.8, 4) is 28.8 Å². The molecule has 1 N–H and O–H groups in total. The molecule has 2 atom stereocenters. The van der Waals surface area contributed by atoms with Crippen LogP contribution in [0.1, 0.15) is 25.6 Å². The first kappa shape index (κ1) is 24.1.